The molecule has 1 saturated heterocycles. The number of morpholine rings is 1. The van der Waals surface area contributed by atoms with Crippen molar-refractivity contribution < 1.29 is 19.0 Å². The molecule has 0 spiro atoms. The fraction of sp³-hybridized carbons (Fsp3) is 0.429. The van der Waals surface area contributed by atoms with E-state index in [4.69, 9.17) is 14.2 Å². The molecule has 0 aliphatic carbocycles. The fourth-order valence-corrected chi connectivity index (χ4v) is 2.86. The van der Waals surface area contributed by atoms with E-state index in [0.717, 1.165) is 18.5 Å². The summed E-state index contributed by atoms with van der Waals surface area (Å²) in [5, 5.41) is 6.21. The van der Waals surface area contributed by atoms with E-state index in [1.807, 2.05) is 36.4 Å². The van der Waals surface area contributed by atoms with Crippen LogP contribution >= 0.6 is 0 Å². The zero-order valence-electron chi connectivity index (χ0n) is 16.1. The molecule has 1 aliphatic rings. The van der Waals surface area contributed by atoms with E-state index in [1.165, 1.54) is 0 Å². The normalized spacial score (nSPS) is 16.4. The molecule has 7 heteroatoms. The van der Waals surface area contributed by atoms with Crippen LogP contribution in [0.2, 0.25) is 0 Å². The minimum atomic E-state index is -0.0375. The summed E-state index contributed by atoms with van der Waals surface area (Å²) in [5.41, 5.74) is 0.800. The van der Waals surface area contributed by atoms with E-state index >= 15 is 0 Å². The van der Waals surface area contributed by atoms with Crippen molar-refractivity contribution in [3.63, 3.8) is 0 Å². The van der Waals surface area contributed by atoms with E-state index in [0.29, 0.717) is 50.2 Å². The van der Waals surface area contributed by atoms with Gasteiger partial charge in [0.2, 0.25) is 11.8 Å². The van der Waals surface area contributed by atoms with Crippen LogP contribution in [-0.2, 0) is 16.1 Å². The standard InChI is InChI=1S/C21H27N3O4/c1-2-11-27-18-7-3-4-8-19(18)28-21-16(6-5-9-23-21)14-24-20(25)13-17-15-26-12-10-22-17/h3-9,17,22H,2,10-15H2,1H3,(H,24,25). The number of carbonyl (C=O) groups is 1. The molecule has 1 aromatic carbocycles. The van der Waals surface area contributed by atoms with Crippen molar-refractivity contribution >= 4 is 5.91 Å². The van der Waals surface area contributed by atoms with Crippen LogP contribution in [-0.4, -0.2) is 43.3 Å². The highest BCUT2D eigenvalue weighted by Gasteiger charge is 2.17. The van der Waals surface area contributed by atoms with Gasteiger partial charge in [0.15, 0.2) is 11.5 Å². The molecule has 1 amide bonds. The molecular formula is C21H27N3O4. The number of benzene rings is 1. The first-order valence-electron chi connectivity index (χ1n) is 9.67. The topological polar surface area (TPSA) is 81.7 Å². The molecule has 0 bridgehead atoms. The number of ether oxygens (including phenoxy) is 3. The Kier molecular flexibility index (Phi) is 7.63. The van der Waals surface area contributed by atoms with Crippen LogP contribution in [0.25, 0.3) is 0 Å². The van der Waals surface area contributed by atoms with Crippen LogP contribution in [0, 0.1) is 0 Å². The number of nitrogens with one attached hydrogen (secondary N) is 2. The number of rotatable bonds is 9. The molecule has 2 aromatic rings. The number of aromatic nitrogens is 1. The number of hydrogen-bond donors (Lipinski definition) is 2. The lowest BCUT2D eigenvalue weighted by Gasteiger charge is -2.23. The summed E-state index contributed by atoms with van der Waals surface area (Å²) >= 11 is 0. The van der Waals surface area contributed by atoms with Gasteiger partial charge in [-0.1, -0.05) is 25.1 Å². The Bertz CT molecular complexity index is 763. The lowest BCUT2D eigenvalue weighted by molar-refractivity contribution is -0.122. The molecule has 7 nitrogen and oxygen atoms in total. The minimum Gasteiger partial charge on any atom is -0.490 e. The lowest BCUT2D eigenvalue weighted by atomic mass is 10.2. The Morgan fingerprint density at radius 2 is 2.14 bits per heavy atom. The summed E-state index contributed by atoms with van der Waals surface area (Å²) in [5.74, 6) is 1.69. The van der Waals surface area contributed by atoms with Crippen LogP contribution in [0.4, 0.5) is 0 Å². The van der Waals surface area contributed by atoms with Crippen LogP contribution in [0.1, 0.15) is 25.3 Å². The minimum absolute atomic E-state index is 0.0375. The number of carbonyl (C=O) groups excluding carboxylic acids is 1. The van der Waals surface area contributed by atoms with Crippen molar-refractivity contribution in [2.75, 3.05) is 26.4 Å². The lowest BCUT2D eigenvalue weighted by Crippen LogP contribution is -2.44. The van der Waals surface area contributed by atoms with Crippen molar-refractivity contribution in [3.8, 4) is 17.4 Å². The van der Waals surface area contributed by atoms with E-state index < -0.39 is 0 Å². The molecule has 1 aromatic heterocycles. The molecule has 1 atom stereocenters. The first kappa shape index (κ1) is 20.1. The third-order valence-electron chi connectivity index (χ3n) is 4.27. The van der Waals surface area contributed by atoms with Gasteiger partial charge in [-0.05, 0) is 24.6 Å². The van der Waals surface area contributed by atoms with Gasteiger partial charge in [0.25, 0.3) is 0 Å². The van der Waals surface area contributed by atoms with E-state index in [9.17, 15) is 4.79 Å². The summed E-state index contributed by atoms with van der Waals surface area (Å²) in [7, 11) is 0. The average Bonchev–Trinajstić information content (AvgIpc) is 2.73. The van der Waals surface area contributed by atoms with Crippen molar-refractivity contribution in [3.05, 3.63) is 48.2 Å². The maximum Gasteiger partial charge on any atom is 0.224 e. The summed E-state index contributed by atoms with van der Waals surface area (Å²) in [6.45, 7) is 5.04. The summed E-state index contributed by atoms with van der Waals surface area (Å²) in [6, 6.07) is 11.3. The molecule has 28 heavy (non-hydrogen) atoms. The van der Waals surface area contributed by atoms with E-state index in [2.05, 4.69) is 22.5 Å². The second kappa shape index (κ2) is 10.6. The van der Waals surface area contributed by atoms with Crippen molar-refractivity contribution in [2.24, 2.45) is 0 Å². The Balaban J connectivity index is 1.61. The third kappa shape index (κ3) is 5.94. The van der Waals surface area contributed by atoms with Gasteiger partial charge in [-0.25, -0.2) is 4.98 Å². The van der Waals surface area contributed by atoms with Crippen LogP contribution in [0.5, 0.6) is 17.4 Å². The molecule has 3 rings (SSSR count). The van der Waals surface area contributed by atoms with Crippen molar-refractivity contribution in [1.82, 2.24) is 15.6 Å². The van der Waals surface area contributed by atoms with Crippen LogP contribution in [0.3, 0.4) is 0 Å². The summed E-state index contributed by atoms with van der Waals surface area (Å²) < 4.78 is 17.1. The maximum absolute atomic E-state index is 12.2. The zero-order chi connectivity index (χ0) is 19.6. The molecule has 0 saturated carbocycles. The van der Waals surface area contributed by atoms with E-state index in [1.54, 1.807) is 6.20 Å². The van der Waals surface area contributed by atoms with Gasteiger partial charge in [-0.15, -0.1) is 0 Å². The number of hydrogen-bond acceptors (Lipinski definition) is 6. The van der Waals surface area contributed by atoms with Crippen molar-refractivity contribution in [2.45, 2.75) is 32.4 Å². The fourth-order valence-electron chi connectivity index (χ4n) is 2.86. The molecule has 150 valence electrons. The van der Waals surface area contributed by atoms with Gasteiger partial charge in [0.05, 0.1) is 19.8 Å². The number of pyridine rings is 1. The predicted octanol–water partition coefficient (Wildman–Crippen LogP) is 2.66. The van der Waals surface area contributed by atoms with Gasteiger partial charge in [0, 0.05) is 37.3 Å². The number of amides is 1. The highest BCUT2D eigenvalue weighted by molar-refractivity contribution is 5.76. The zero-order valence-corrected chi connectivity index (χ0v) is 16.1. The number of para-hydroxylation sites is 2. The molecule has 2 heterocycles. The van der Waals surface area contributed by atoms with Crippen LogP contribution in [0.15, 0.2) is 42.6 Å². The van der Waals surface area contributed by atoms with Gasteiger partial charge < -0.3 is 24.8 Å². The first-order valence-corrected chi connectivity index (χ1v) is 9.67. The van der Waals surface area contributed by atoms with Crippen molar-refractivity contribution in [1.29, 1.82) is 0 Å². The Hall–Kier alpha value is -2.64. The van der Waals surface area contributed by atoms with Gasteiger partial charge in [0.1, 0.15) is 0 Å². The molecular weight excluding hydrogens is 358 g/mol. The molecule has 0 radical (unpaired) electrons. The molecule has 1 fully saturated rings. The van der Waals surface area contributed by atoms with Gasteiger partial charge >= 0.3 is 0 Å². The SMILES string of the molecule is CCCOc1ccccc1Oc1ncccc1CNC(=O)CC1COCCN1. The largest absolute Gasteiger partial charge is 0.490 e. The Labute approximate surface area is 165 Å². The first-order chi connectivity index (χ1) is 13.8. The Morgan fingerprint density at radius 3 is 2.93 bits per heavy atom. The van der Waals surface area contributed by atoms with Gasteiger partial charge in [-0.2, -0.15) is 0 Å². The smallest absolute Gasteiger partial charge is 0.224 e. The van der Waals surface area contributed by atoms with Crippen LogP contribution < -0.4 is 20.1 Å². The highest BCUT2D eigenvalue weighted by atomic mass is 16.5. The second-order valence-electron chi connectivity index (χ2n) is 6.57. The molecule has 2 N–H and O–H groups in total. The maximum atomic E-state index is 12.2. The predicted molar refractivity (Wildman–Crippen MR) is 106 cm³/mol. The quantitative estimate of drug-likeness (QED) is 0.691. The monoisotopic (exact) mass is 385 g/mol. The number of nitrogens with zero attached hydrogens (tertiary/aromatic N) is 1. The Morgan fingerprint density at radius 1 is 1.29 bits per heavy atom. The molecule has 1 aliphatic heterocycles. The highest BCUT2D eigenvalue weighted by Crippen LogP contribution is 2.31. The summed E-state index contributed by atoms with van der Waals surface area (Å²) in [6.07, 6.45) is 2.96. The average molecular weight is 385 g/mol. The summed E-state index contributed by atoms with van der Waals surface area (Å²) in [4.78, 5) is 16.6. The van der Waals surface area contributed by atoms with E-state index in [-0.39, 0.29) is 11.9 Å². The third-order valence-corrected chi connectivity index (χ3v) is 4.27. The second-order valence-corrected chi connectivity index (χ2v) is 6.57. The van der Waals surface area contributed by atoms with Gasteiger partial charge in [-0.3, -0.25) is 4.79 Å². The molecule has 1 unspecified atom stereocenters.